The first-order chi connectivity index (χ1) is 14.4. The predicted octanol–water partition coefficient (Wildman–Crippen LogP) is 3.44. The van der Waals surface area contributed by atoms with Crippen molar-refractivity contribution in [2.45, 2.75) is 17.9 Å². The van der Waals surface area contributed by atoms with Gasteiger partial charge in [0.15, 0.2) is 9.84 Å². The molecular formula is C24H24N2O3S. The van der Waals surface area contributed by atoms with Crippen molar-refractivity contribution in [3.8, 4) is 0 Å². The van der Waals surface area contributed by atoms with E-state index in [0.717, 1.165) is 16.8 Å². The van der Waals surface area contributed by atoms with Crippen LogP contribution in [0.4, 0.5) is 5.69 Å². The van der Waals surface area contributed by atoms with Crippen molar-refractivity contribution in [1.29, 1.82) is 0 Å². The number of carbonyl (C=O) groups is 1. The van der Waals surface area contributed by atoms with Gasteiger partial charge >= 0.3 is 0 Å². The third-order valence-electron chi connectivity index (χ3n) is 5.47. The fourth-order valence-corrected chi connectivity index (χ4v) is 5.70. The van der Waals surface area contributed by atoms with Crippen molar-refractivity contribution >= 4 is 21.4 Å². The topological polar surface area (TPSA) is 80.5 Å². The van der Waals surface area contributed by atoms with E-state index in [9.17, 15) is 13.2 Å². The summed E-state index contributed by atoms with van der Waals surface area (Å²) in [4.78, 5) is 14.2. The molecule has 1 heterocycles. The van der Waals surface area contributed by atoms with Crippen LogP contribution < -0.4 is 10.6 Å². The third kappa shape index (κ3) is 4.39. The van der Waals surface area contributed by atoms with Crippen molar-refractivity contribution < 1.29 is 13.2 Å². The molecule has 1 atom stereocenters. The van der Waals surface area contributed by atoms with Crippen LogP contribution in [-0.2, 0) is 22.8 Å². The quantitative estimate of drug-likeness (QED) is 0.662. The summed E-state index contributed by atoms with van der Waals surface area (Å²) in [5.74, 6) is -0.510. The highest BCUT2D eigenvalue weighted by Crippen LogP contribution is 2.33. The Labute approximate surface area is 177 Å². The van der Waals surface area contributed by atoms with Crippen LogP contribution in [-0.4, -0.2) is 26.6 Å². The SMILES string of the molecule is NC(=O)c1ccc2c(c1)CC(CS(=O)(=O)c1ccccc1)CN2Cc1ccccc1. The molecule has 1 amide bonds. The number of sulfone groups is 1. The number of benzene rings is 3. The van der Waals surface area contributed by atoms with Gasteiger partial charge in [-0.15, -0.1) is 0 Å². The molecule has 3 aromatic carbocycles. The Morgan fingerprint density at radius 2 is 1.63 bits per heavy atom. The minimum absolute atomic E-state index is 0.0581. The molecule has 0 aliphatic carbocycles. The first-order valence-corrected chi connectivity index (χ1v) is 11.6. The van der Waals surface area contributed by atoms with Crippen molar-refractivity contribution in [3.63, 3.8) is 0 Å². The molecule has 1 unspecified atom stereocenters. The number of rotatable bonds is 6. The van der Waals surface area contributed by atoms with Crippen LogP contribution in [0.2, 0.25) is 0 Å². The number of nitrogens with two attached hydrogens (primary N) is 1. The monoisotopic (exact) mass is 420 g/mol. The minimum Gasteiger partial charge on any atom is -0.367 e. The number of nitrogens with zero attached hydrogens (tertiary/aromatic N) is 1. The summed E-state index contributed by atoms with van der Waals surface area (Å²) in [7, 11) is -3.40. The zero-order chi connectivity index (χ0) is 21.1. The van der Waals surface area contributed by atoms with Gasteiger partial charge in [0.05, 0.1) is 10.6 Å². The van der Waals surface area contributed by atoms with Crippen LogP contribution in [0.15, 0.2) is 83.8 Å². The maximum atomic E-state index is 13.0. The van der Waals surface area contributed by atoms with E-state index in [2.05, 4.69) is 17.0 Å². The maximum absolute atomic E-state index is 13.0. The average Bonchev–Trinajstić information content (AvgIpc) is 2.74. The number of primary amides is 1. The van der Waals surface area contributed by atoms with Gasteiger partial charge in [0.1, 0.15) is 0 Å². The molecule has 30 heavy (non-hydrogen) atoms. The molecular weight excluding hydrogens is 396 g/mol. The van der Waals surface area contributed by atoms with Crippen LogP contribution in [0.25, 0.3) is 0 Å². The molecule has 6 heteroatoms. The highest BCUT2D eigenvalue weighted by Gasteiger charge is 2.29. The lowest BCUT2D eigenvalue weighted by Gasteiger charge is -2.36. The normalized spacial score (nSPS) is 16.1. The number of anilines is 1. The molecule has 4 rings (SSSR count). The molecule has 0 saturated carbocycles. The van der Waals surface area contributed by atoms with Gasteiger partial charge in [-0.05, 0) is 53.8 Å². The van der Waals surface area contributed by atoms with E-state index in [1.807, 2.05) is 30.3 Å². The molecule has 5 nitrogen and oxygen atoms in total. The van der Waals surface area contributed by atoms with Crippen LogP contribution in [0.3, 0.4) is 0 Å². The van der Waals surface area contributed by atoms with E-state index >= 15 is 0 Å². The van der Waals surface area contributed by atoms with Gasteiger partial charge in [-0.3, -0.25) is 4.79 Å². The number of hydrogen-bond acceptors (Lipinski definition) is 4. The minimum atomic E-state index is -3.40. The Kier molecular flexibility index (Phi) is 5.59. The molecule has 0 spiro atoms. The van der Waals surface area contributed by atoms with E-state index < -0.39 is 15.7 Å². The van der Waals surface area contributed by atoms with E-state index in [1.165, 1.54) is 0 Å². The second-order valence-corrected chi connectivity index (χ2v) is 9.77. The van der Waals surface area contributed by atoms with Crippen LogP contribution in [0.1, 0.15) is 21.5 Å². The van der Waals surface area contributed by atoms with E-state index in [1.54, 1.807) is 36.4 Å². The summed E-state index contributed by atoms with van der Waals surface area (Å²) >= 11 is 0. The number of carbonyl (C=O) groups excluding carboxylic acids is 1. The molecule has 0 saturated heterocycles. The van der Waals surface area contributed by atoms with Crippen molar-refractivity contribution in [1.82, 2.24) is 0 Å². The smallest absolute Gasteiger partial charge is 0.248 e. The van der Waals surface area contributed by atoms with Crippen LogP contribution in [0.5, 0.6) is 0 Å². The fourth-order valence-electron chi connectivity index (χ4n) is 4.10. The second kappa shape index (κ2) is 8.32. The van der Waals surface area contributed by atoms with Crippen molar-refractivity contribution in [3.05, 3.63) is 95.6 Å². The van der Waals surface area contributed by atoms with Gasteiger partial charge in [-0.1, -0.05) is 48.5 Å². The van der Waals surface area contributed by atoms with Gasteiger partial charge in [0.25, 0.3) is 0 Å². The Balaban J connectivity index is 1.65. The zero-order valence-electron chi connectivity index (χ0n) is 16.6. The third-order valence-corrected chi connectivity index (χ3v) is 7.37. The average molecular weight is 421 g/mol. The second-order valence-electron chi connectivity index (χ2n) is 7.74. The van der Waals surface area contributed by atoms with Gasteiger partial charge < -0.3 is 10.6 Å². The molecule has 1 aliphatic rings. The number of fused-ring (bicyclic) bond motifs is 1. The lowest BCUT2D eigenvalue weighted by molar-refractivity contribution is 0.1000. The van der Waals surface area contributed by atoms with Gasteiger partial charge in [0.2, 0.25) is 5.91 Å². The summed E-state index contributed by atoms with van der Waals surface area (Å²) < 4.78 is 25.9. The van der Waals surface area contributed by atoms with Crippen LogP contribution in [0, 0.1) is 5.92 Å². The molecule has 2 N–H and O–H groups in total. The van der Waals surface area contributed by atoms with Crippen molar-refractivity contribution in [2.75, 3.05) is 17.2 Å². The maximum Gasteiger partial charge on any atom is 0.248 e. The molecule has 0 radical (unpaired) electrons. The summed E-state index contributed by atoms with van der Waals surface area (Å²) in [5.41, 5.74) is 9.05. The largest absolute Gasteiger partial charge is 0.367 e. The van der Waals surface area contributed by atoms with Gasteiger partial charge in [0, 0.05) is 24.3 Å². The molecule has 154 valence electrons. The molecule has 0 fully saturated rings. The number of amides is 1. The van der Waals surface area contributed by atoms with E-state index in [4.69, 9.17) is 5.73 Å². The summed E-state index contributed by atoms with van der Waals surface area (Å²) in [6, 6.07) is 24.1. The van der Waals surface area contributed by atoms with Gasteiger partial charge in [-0.25, -0.2) is 8.42 Å². The first kappa shape index (κ1) is 20.2. The number of hydrogen-bond donors (Lipinski definition) is 1. The Hall–Kier alpha value is -3.12. The summed E-state index contributed by atoms with van der Waals surface area (Å²) in [6.07, 6.45) is 0.591. The summed E-state index contributed by atoms with van der Waals surface area (Å²) in [5, 5.41) is 0. The van der Waals surface area contributed by atoms with Crippen LogP contribution >= 0.6 is 0 Å². The zero-order valence-corrected chi connectivity index (χ0v) is 17.4. The first-order valence-electron chi connectivity index (χ1n) is 9.92. The highest BCUT2D eigenvalue weighted by atomic mass is 32.2. The highest BCUT2D eigenvalue weighted by molar-refractivity contribution is 7.91. The van der Waals surface area contributed by atoms with E-state index in [-0.39, 0.29) is 11.7 Å². The lowest BCUT2D eigenvalue weighted by atomic mass is 9.92. The fraction of sp³-hybridized carbons (Fsp3) is 0.208. The summed E-state index contributed by atoms with van der Waals surface area (Å²) in [6.45, 7) is 1.30. The molecule has 0 bridgehead atoms. The Bertz CT molecular complexity index is 1150. The standard InChI is InChI=1S/C24H24N2O3S/c25-24(27)20-11-12-23-21(14-20)13-19(16-26(23)15-18-7-3-1-4-8-18)17-30(28,29)22-9-5-2-6-10-22/h1-12,14,19H,13,15-17H2,(H2,25,27). The van der Waals surface area contributed by atoms with E-state index in [0.29, 0.717) is 30.0 Å². The predicted molar refractivity (Wildman–Crippen MR) is 118 cm³/mol. The van der Waals surface area contributed by atoms with Gasteiger partial charge in [-0.2, -0.15) is 0 Å². The molecule has 1 aliphatic heterocycles. The molecule has 0 aromatic heterocycles. The Morgan fingerprint density at radius 1 is 0.967 bits per heavy atom. The lowest BCUT2D eigenvalue weighted by Crippen LogP contribution is -2.38. The Morgan fingerprint density at radius 3 is 2.30 bits per heavy atom. The van der Waals surface area contributed by atoms with Crippen molar-refractivity contribution in [2.24, 2.45) is 11.7 Å². The molecule has 3 aromatic rings.